The number of nitro benzene ring substituents is 1. The highest BCUT2D eigenvalue weighted by molar-refractivity contribution is 8.00. The second kappa shape index (κ2) is 21.1. The van der Waals surface area contributed by atoms with Gasteiger partial charge in [-0.15, -0.1) is 6.58 Å². The monoisotopic (exact) mass is 851 g/mol. The van der Waals surface area contributed by atoms with E-state index in [0.717, 1.165) is 60.3 Å². The van der Waals surface area contributed by atoms with Crippen LogP contribution in [0.3, 0.4) is 0 Å². The Morgan fingerprint density at radius 2 is 1.75 bits per heavy atom. The zero-order valence-electron chi connectivity index (χ0n) is 34.3. The average molecular weight is 852 g/mol. The molecule has 1 aromatic heterocycles. The number of hydrogen-bond acceptors (Lipinski definition) is 11. The van der Waals surface area contributed by atoms with Crippen molar-refractivity contribution in [3.05, 3.63) is 154 Å². The smallest absolute Gasteiger partial charge is 0.269 e. The molecule has 0 spiro atoms. The number of nitrogens with zero attached hydrogens (tertiary/aromatic N) is 3. The molecule has 61 heavy (non-hydrogen) atoms. The van der Waals surface area contributed by atoms with Gasteiger partial charge in [0.15, 0.2) is 0 Å². The molecule has 0 radical (unpaired) electrons. The van der Waals surface area contributed by atoms with Gasteiger partial charge in [0.1, 0.15) is 30.5 Å². The van der Waals surface area contributed by atoms with E-state index in [0.29, 0.717) is 36.3 Å². The zero-order chi connectivity index (χ0) is 42.6. The summed E-state index contributed by atoms with van der Waals surface area (Å²) in [6.07, 6.45) is 13.6. The number of nitro groups is 1. The van der Waals surface area contributed by atoms with Crippen molar-refractivity contribution in [3.8, 4) is 11.5 Å². The number of hydrogen-bond donors (Lipinski definition) is 2. The number of benzene rings is 3. The number of pyridine rings is 1. The molecule has 1 fully saturated rings. The lowest BCUT2D eigenvalue weighted by molar-refractivity contribution is -0.384. The Morgan fingerprint density at radius 3 is 2.49 bits per heavy atom. The number of fused-ring (bicyclic) bond motifs is 2. The van der Waals surface area contributed by atoms with Crippen LogP contribution >= 0.6 is 11.8 Å². The minimum atomic E-state index is -1.14. The summed E-state index contributed by atoms with van der Waals surface area (Å²) < 4.78 is 35.3. The number of ether oxygens (including phenoxy) is 3. The highest BCUT2D eigenvalue weighted by Gasteiger charge is 2.64. The Kier molecular flexibility index (Phi) is 15.2. The quantitative estimate of drug-likeness (QED) is 0.0339. The van der Waals surface area contributed by atoms with Crippen LogP contribution in [0.2, 0.25) is 0 Å². The van der Waals surface area contributed by atoms with Crippen LogP contribution < -0.4 is 9.47 Å². The second-order valence-corrected chi connectivity index (χ2v) is 17.1. The highest BCUT2D eigenvalue weighted by atomic mass is 32.2. The fourth-order valence-electron chi connectivity index (χ4n) is 9.11. The molecule has 7 rings (SSSR count). The van der Waals surface area contributed by atoms with E-state index in [1.54, 1.807) is 60.6 Å². The third-order valence-electron chi connectivity index (χ3n) is 12.0. The number of aromatic nitrogens is 1. The summed E-state index contributed by atoms with van der Waals surface area (Å²) in [5.41, 5.74) is 5.11. The van der Waals surface area contributed by atoms with Crippen molar-refractivity contribution < 1.29 is 38.6 Å². The van der Waals surface area contributed by atoms with Crippen molar-refractivity contribution in [2.45, 2.75) is 81.5 Å². The van der Waals surface area contributed by atoms with Gasteiger partial charge in [-0.1, -0.05) is 48.3 Å². The van der Waals surface area contributed by atoms with E-state index in [2.05, 4.69) is 17.6 Å². The van der Waals surface area contributed by atoms with Crippen molar-refractivity contribution in [2.24, 2.45) is 22.9 Å². The zero-order valence-corrected chi connectivity index (χ0v) is 35.1. The Morgan fingerprint density at radius 1 is 0.984 bits per heavy atom. The SMILES string of the molecule is C=CCOC12Oc3ccc(OCc4ccccc4F)cc3C3C(CCCCO)C(CCCCO)C=C(C(=NOCc4ccc([N+](=O)[O-])cc4)CC1SCCc1ccncc1)C32. The number of aliphatic hydroxyl groups is 2. The number of thioether (sulfide) groups is 1. The van der Waals surface area contributed by atoms with Gasteiger partial charge in [0.25, 0.3) is 5.69 Å². The molecule has 0 amide bonds. The van der Waals surface area contributed by atoms with Crippen molar-refractivity contribution in [1.82, 2.24) is 4.98 Å². The first kappa shape index (κ1) is 44.0. The van der Waals surface area contributed by atoms with E-state index in [9.17, 15) is 24.7 Å². The molecular weight excluding hydrogens is 798 g/mol. The molecule has 0 bridgehead atoms. The molecule has 6 atom stereocenters. The molecule has 11 nitrogen and oxygen atoms in total. The molecule has 4 aromatic rings. The Bertz CT molecular complexity index is 2150. The van der Waals surface area contributed by atoms with Crippen molar-refractivity contribution in [2.75, 3.05) is 25.6 Å². The van der Waals surface area contributed by atoms with E-state index >= 15 is 0 Å². The van der Waals surface area contributed by atoms with E-state index in [4.69, 9.17) is 24.2 Å². The molecule has 2 aliphatic carbocycles. The van der Waals surface area contributed by atoms with Crippen LogP contribution in [-0.2, 0) is 29.2 Å². The maximum absolute atomic E-state index is 14.7. The predicted octanol–water partition coefficient (Wildman–Crippen LogP) is 9.52. The third kappa shape index (κ3) is 10.3. The van der Waals surface area contributed by atoms with Crippen LogP contribution in [0.25, 0.3) is 0 Å². The molecule has 0 saturated heterocycles. The normalized spacial score (nSPS) is 23.3. The fourth-order valence-corrected chi connectivity index (χ4v) is 10.5. The van der Waals surface area contributed by atoms with E-state index < -0.39 is 10.7 Å². The van der Waals surface area contributed by atoms with Gasteiger partial charge in [-0.2, -0.15) is 11.8 Å². The molecule has 1 aliphatic heterocycles. The topological polar surface area (TPSA) is 146 Å². The van der Waals surface area contributed by atoms with E-state index in [-0.39, 0.29) is 73.5 Å². The predicted molar refractivity (Wildman–Crippen MR) is 234 cm³/mol. The minimum Gasteiger partial charge on any atom is -0.489 e. The standard InChI is InChI=1S/C48H54FN3O8S/c1-2-26-58-48-45(61-27-21-33-19-22-50-23-20-33)30-43(51-59-31-34-13-15-37(16-14-34)52(55)56)40-28-35(9-5-7-24-53)39(11-6-8-25-54)46(47(40)48)41-29-38(17-18-44(41)60-48)57-32-36-10-3-4-12-42(36)49/h2-4,10,12-20,22-23,28-29,35,39,45-47,53-54H,1,5-9,11,21,24-27,30-32H2. The van der Waals surface area contributed by atoms with E-state index in [1.807, 2.05) is 30.3 Å². The molecule has 1 saturated carbocycles. The van der Waals surface area contributed by atoms with Gasteiger partial charge >= 0.3 is 0 Å². The van der Waals surface area contributed by atoms with Crippen molar-refractivity contribution >= 4 is 23.2 Å². The number of aryl methyl sites for hydroxylation is 1. The van der Waals surface area contributed by atoms with Gasteiger partial charge in [0, 0.05) is 61.2 Å². The third-order valence-corrected chi connectivity index (χ3v) is 13.3. The summed E-state index contributed by atoms with van der Waals surface area (Å²) >= 11 is 1.78. The maximum atomic E-state index is 14.7. The molecule has 322 valence electrons. The largest absolute Gasteiger partial charge is 0.489 e. The number of rotatable bonds is 22. The molecule has 3 aliphatic rings. The van der Waals surface area contributed by atoms with Crippen LogP contribution in [0.15, 0.2) is 121 Å². The second-order valence-electron chi connectivity index (χ2n) is 15.8. The number of aliphatic hydroxyl groups excluding tert-OH is 2. The van der Waals surface area contributed by atoms with Crippen LogP contribution in [-0.4, -0.2) is 62.4 Å². The van der Waals surface area contributed by atoms with Gasteiger partial charge in [-0.25, -0.2) is 4.39 Å². The summed E-state index contributed by atoms with van der Waals surface area (Å²) in [6, 6.07) is 22.7. The molecule has 3 aromatic carbocycles. The Labute approximate surface area is 360 Å². The first-order valence-corrected chi connectivity index (χ1v) is 22.2. The molecular formula is C48H54FN3O8S. The summed E-state index contributed by atoms with van der Waals surface area (Å²) in [6.45, 7) is 4.64. The maximum Gasteiger partial charge on any atom is 0.269 e. The van der Waals surface area contributed by atoms with Gasteiger partial charge in [-0.05, 0) is 115 Å². The molecule has 2 N–H and O–H groups in total. The lowest BCUT2D eigenvalue weighted by atomic mass is 9.56. The van der Waals surface area contributed by atoms with Gasteiger partial charge in [0.05, 0.1) is 28.4 Å². The number of allylic oxidation sites excluding steroid dienone is 1. The summed E-state index contributed by atoms with van der Waals surface area (Å²) in [5, 5.41) is 35.7. The lowest BCUT2D eigenvalue weighted by Gasteiger charge is -2.58. The number of halogens is 1. The van der Waals surface area contributed by atoms with Crippen LogP contribution in [0.5, 0.6) is 11.5 Å². The molecule has 2 heterocycles. The summed E-state index contributed by atoms with van der Waals surface area (Å²) in [4.78, 5) is 21.2. The van der Waals surface area contributed by atoms with Crippen LogP contribution in [0.4, 0.5) is 10.1 Å². The number of oxime groups is 1. The van der Waals surface area contributed by atoms with Gasteiger partial charge in [0.2, 0.25) is 5.79 Å². The first-order valence-electron chi connectivity index (χ1n) is 21.2. The van der Waals surface area contributed by atoms with Gasteiger partial charge < -0.3 is 29.3 Å². The minimum absolute atomic E-state index is 0.00222. The molecule has 13 heteroatoms. The van der Waals surface area contributed by atoms with Crippen molar-refractivity contribution in [1.29, 1.82) is 0 Å². The lowest BCUT2D eigenvalue weighted by Crippen LogP contribution is -2.64. The van der Waals surface area contributed by atoms with Gasteiger partial charge in [-0.3, -0.25) is 15.1 Å². The highest BCUT2D eigenvalue weighted by Crippen LogP contribution is 2.62. The Balaban J connectivity index is 1.34. The van der Waals surface area contributed by atoms with Crippen molar-refractivity contribution in [3.63, 3.8) is 0 Å². The Hall–Kier alpha value is -5.08. The van der Waals surface area contributed by atoms with E-state index in [1.165, 1.54) is 23.8 Å². The number of non-ortho nitro benzene ring substituents is 1. The molecule has 6 unspecified atom stereocenters. The van der Waals surface area contributed by atoms with Crippen LogP contribution in [0.1, 0.15) is 73.1 Å². The van der Waals surface area contributed by atoms with Crippen LogP contribution in [0, 0.1) is 33.7 Å². The summed E-state index contributed by atoms with van der Waals surface area (Å²) in [5.74, 6) is 0.272. The average Bonchev–Trinajstić information content (AvgIpc) is 3.27. The first-order chi connectivity index (χ1) is 29.8. The fraction of sp³-hybridized carbons (Fsp3) is 0.417. The summed E-state index contributed by atoms with van der Waals surface area (Å²) in [7, 11) is 0. The number of unbranched alkanes of at least 4 members (excludes halogenated alkanes) is 2.